The highest BCUT2D eigenvalue weighted by Crippen LogP contribution is 2.37. The first-order chi connectivity index (χ1) is 12.7. The molecule has 6 nitrogen and oxygen atoms in total. The molecule has 26 heavy (non-hydrogen) atoms. The number of hydrogen-bond donors (Lipinski definition) is 2. The minimum Gasteiger partial charge on any atom is -0.465 e. The quantitative estimate of drug-likeness (QED) is 0.764. The molecule has 2 heterocycles. The largest absolute Gasteiger partial charge is 0.465 e. The molecule has 7 heteroatoms. The fourth-order valence-corrected chi connectivity index (χ4v) is 4.12. The lowest BCUT2D eigenvalue weighted by Gasteiger charge is -2.09. The smallest absolute Gasteiger partial charge is 0.244 e. The Morgan fingerprint density at radius 1 is 1.35 bits per heavy atom. The summed E-state index contributed by atoms with van der Waals surface area (Å²) in [6.07, 6.45) is 8.69. The molecule has 2 amide bonds. The monoisotopic (exact) mass is 369 g/mol. The second-order valence-corrected chi connectivity index (χ2v) is 7.07. The number of hydrogen-bond acceptors (Lipinski definition) is 5. The molecule has 0 aromatic carbocycles. The predicted octanol–water partition coefficient (Wildman–Crippen LogP) is 3.25. The topological polar surface area (TPSA) is 95.1 Å². The van der Waals surface area contributed by atoms with E-state index < -0.39 is 0 Å². The summed E-state index contributed by atoms with van der Waals surface area (Å²) in [5, 5.41) is 15.5. The maximum Gasteiger partial charge on any atom is 0.244 e. The summed E-state index contributed by atoms with van der Waals surface area (Å²) < 4.78 is 5.09. The van der Waals surface area contributed by atoms with E-state index in [2.05, 4.69) is 16.7 Å². The van der Waals surface area contributed by atoms with Crippen LogP contribution in [0.3, 0.4) is 0 Å². The molecule has 134 valence electrons. The molecule has 0 saturated heterocycles. The molecule has 1 aliphatic carbocycles. The molecule has 3 rings (SSSR count). The SMILES string of the molecule is N#Cc1c(NC(=O)CCNC(=O)/C=C/c2ccco2)sc2c1CCCC2. The van der Waals surface area contributed by atoms with E-state index in [0.29, 0.717) is 16.3 Å². The van der Waals surface area contributed by atoms with Crippen molar-refractivity contribution in [1.82, 2.24) is 5.32 Å². The first-order valence-electron chi connectivity index (χ1n) is 8.51. The molecule has 0 spiro atoms. The Morgan fingerprint density at radius 3 is 2.96 bits per heavy atom. The Bertz CT molecular complexity index is 859. The number of nitrogens with one attached hydrogen (secondary N) is 2. The van der Waals surface area contributed by atoms with Crippen molar-refractivity contribution in [1.29, 1.82) is 5.26 Å². The Labute approximate surface area is 155 Å². The van der Waals surface area contributed by atoms with Crippen molar-refractivity contribution in [3.05, 3.63) is 46.2 Å². The highest BCUT2D eigenvalue weighted by Gasteiger charge is 2.21. The average Bonchev–Trinajstić information content (AvgIpc) is 3.27. The van der Waals surface area contributed by atoms with Crippen molar-refractivity contribution in [2.24, 2.45) is 0 Å². The van der Waals surface area contributed by atoms with E-state index in [9.17, 15) is 14.9 Å². The van der Waals surface area contributed by atoms with Gasteiger partial charge < -0.3 is 15.1 Å². The van der Waals surface area contributed by atoms with Crippen molar-refractivity contribution in [3.63, 3.8) is 0 Å². The van der Waals surface area contributed by atoms with Crippen LogP contribution in [-0.4, -0.2) is 18.4 Å². The zero-order valence-corrected chi connectivity index (χ0v) is 15.0. The van der Waals surface area contributed by atoms with Crippen LogP contribution in [0, 0.1) is 11.3 Å². The highest BCUT2D eigenvalue weighted by molar-refractivity contribution is 7.16. The van der Waals surface area contributed by atoms with Gasteiger partial charge in [0, 0.05) is 23.9 Å². The van der Waals surface area contributed by atoms with Gasteiger partial charge in [0.2, 0.25) is 11.8 Å². The standard InChI is InChI=1S/C19H19N3O3S/c20-12-15-14-5-1-2-6-16(14)26-19(15)22-18(24)9-10-21-17(23)8-7-13-4-3-11-25-13/h3-4,7-8,11H,1-2,5-6,9-10H2,(H,21,23)(H,22,24)/b8-7+. The van der Waals surface area contributed by atoms with E-state index in [4.69, 9.17) is 4.42 Å². The molecule has 0 fully saturated rings. The van der Waals surface area contributed by atoms with Gasteiger partial charge >= 0.3 is 0 Å². The molecule has 0 aliphatic heterocycles. The Kier molecular flexibility index (Phi) is 5.87. The summed E-state index contributed by atoms with van der Waals surface area (Å²) in [6.45, 7) is 0.222. The van der Waals surface area contributed by atoms with Gasteiger partial charge in [0.25, 0.3) is 0 Å². The molecular weight excluding hydrogens is 350 g/mol. The van der Waals surface area contributed by atoms with Gasteiger partial charge in [0.05, 0.1) is 11.8 Å². The van der Waals surface area contributed by atoms with Gasteiger partial charge in [0.15, 0.2) is 0 Å². The Morgan fingerprint density at radius 2 is 2.19 bits per heavy atom. The summed E-state index contributed by atoms with van der Waals surface area (Å²) in [6, 6.07) is 5.70. The van der Waals surface area contributed by atoms with Crippen molar-refractivity contribution in [2.45, 2.75) is 32.1 Å². The van der Waals surface area contributed by atoms with Gasteiger partial charge in [-0.2, -0.15) is 5.26 Å². The van der Waals surface area contributed by atoms with Crippen molar-refractivity contribution in [2.75, 3.05) is 11.9 Å². The van der Waals surface area contributed by atoms with E-state index in [1.165, 1.54) is 28.6 Å². The molecule has 2 aromatic heterocycles. The Balaban J connectivity index is 1.48. The van der Waals surface area contributed by atoms with Gasteiger partial charge in [-0.05, 0) is 49.5 Å². The summed E-state index contributed by atoms with van der Waals surface area (Å²) in [7, 11) is 0. The van der Waals surface area contributed by atoms with Gasteiger partial charge in [-0.3, -0.25) is 9.59 Å². The summed E-state index contributed by atoms with van der Waals surface area (Å²) in [5.41, 5.74) is 1.69. The maximum atomic E-state index is 12.1. The molecule has 2 N–H and O–H groups in total. The third-order valence-corrected chi connectivity index (χ3v) is 5.34. The van der Waals surface area contributed by atoms with Gasteiger partial charge in [-0.1, -0.05) is 0 Å². The molecule has 0 radical (unpaired) electrons. The third kappa shape index (κ3) is 4.41. The first-order valence-corrected chi connectivity index (χ1v) is 9.33. The zero-order chi connectivity index (χ0) is 18.4. The maximum absolute atomic E-state index is 12.1. The number of amides is 2. The van der Waals surface area contributed by atoms with Gasteiger partial charge in [-0.25, -0.2) is 0 Å². The molecule has 0 bridgehead atoms. The molecular formula is C19H19N3O3S. The predicted molar refractivity (Wildman–Crippen MR) is 99.7 cm³/mol. The van der Waals surface area contributed by atoms with Crippen LogP contribution in [-0.2, 0) is 22.4 Å². The normalized spacial score (nSPS) is 13.2. The Hall–Kier alpha value is -2.85. The van der Waals surface area contributed by atoms with E-state index in [1.54, 1.807) is 18.2 Å². The lowest BCUT2D eigenvalue weighted by atomic mass is 9.96. The van der Waals surface area contributed by atoms with Crippen molar-refractivity contribution in [3.8, 4) is 6.07 Å². The number of carbonyl (C=O) groups excluding carboxylic acids is 2. The lowest BCUT2D eigenvalue weighted by molar-refractivity contribution is -0.117. The number of nitriles is 1. The van der Waals surface area contributed by atoms with E-state index in [1.807, 2.05) is 0 Å². The van der Waals surface area contributed by atoms with Gasteiger partial charge in [-0.15, -0.1) is 11.3 Å². The van der Waals surface area contributed by atoms with Crippen LogP contribution in [0.4, 0.5) is 5.00 Å². The van der Waals surface area contributed by atoms with Crippen LogP contribution in [0.2, 0.25) is 0 Å². The van der Waals surface area contributed by atoms with E-state index in [0.717, 1.165) is 31.2 Å². The summed E-state index contributed by atoms with van der Waals surface area (Å²) in [5.74, 6) is 0.0810. The molecule has 1 aliphatic rings. The molecule has 2 aromatic rings. The van der Waals surface area contributed by atoms with Crippen LogP contribution in [0.15, 0.2) is 28.9 Å². The van der Waals surface area contributed by atoms with E-state index in [-0.39, 0.29) is 24.8 Å². The summed E-state index contributed by atoms with van der Waals surface area (Å²) in [4.78, 5) is 25.0. The highest BCUT2D eigenvalue weighted by atomic mass is 32.1. The fraction of sp³-hybridized carbons (Fsp3) is 0.316. The minimum absolute atomic E-state index is 0.147. The fourth-order valence-electron chi connectivity index (χ4n) is 2.86. The van der Waals surface area contributed by atoms with Crippen molar-refractivity contribution < 1.29 is 14.0 Å². The second kappa shape index (κ2) is 8.50. The number of thiophene rings is 1. The molecule has 0 atom stereocenters. The average molecular weight is 369 g/mol. The lowest BCUT2D eigenvalue weighted by Crippen LogP contribution is -2.26. The number of rotatable bonds is 6. The molecule has 0 unspecified atom stereocenters. The first kappa shape index (κ1) is 18.0. The van der Waals surface area contributed by atoms with Crippen LogP contribution in [0.25, 0.3) is 6.08 Å². The second-order valence-electron chi connectivity index (χ2n) is 5.96. The van der Waals surface area contributed by atoms with Crippen LogP contribution in [0.5, 0.6) is 0 Å². The minimum atomic E-state index is -0.293. The summed E-state index contributed by atoms with van der Waals surface area (Å²) >= 11 is 1.50. The van der Waals surface area contributed by atoms with Crippen LogP contribution >= 0.6 is 11.3 Å². The van der Waals surface area contributed by atoms with Crippen molar-refractivity contribution >= 4 is 34.2 Å². The number of fused-ring (bicyclic) bond motifs is 1. The van der Waals surface area contributed by atoms with Crippen LogP contribution < -0.4 is 10.6 Å². The van der Waals surface area contributed by atoms with E-state index >= 15 is 0 Å². The van der Waals surface area contributed by atoms with Gasteiger partial charge in [0.1, 0.15) is 16.8 Å². The number of aryl methyl sites for hydroxylation is 1. The number of nitrogens with zero attached hydrogens (tertiary/aromatic N) is 1. The number of carbonyl (C=O) groups is 2. The number of anilines is 1. The molecule has 0 saturated carbocycles. The third-order valence-electron chi connectivity index (χ3n) is 4.13. The number of furan rings is 1. The van der Waals surface area contributed by atoms with Crippen LogP contribution in [0.1, 0.15) is 41.0 Å². The zero-order valence-electron chi connectivity index (χ0n) is 14.2.